The lowest BCUT2D eigenvalue weighted by molar-refractivity contribution is -0.121. The summed E-state index contributed by atoms with van der Waals surface area (Å²) >= 11 is 1.49. The number of anilines is 1. The predicted molar refractivity (Wildman–Crippen MR) is 67.2 cm³/mol. The minimum absolute atomic E-state index is 0.202. The molecule has 1 aromatic rings. The van der Waals surface area contributed by atoms with E-state index < -0.39 is 5.54 Å². The van der Waals surface area contributed by atoms with Crippen LogP contribution in [-0.2, 0) is 16.0 Å². The Balaban J connectivity index is 2.07. The van der Waals surface area contributed by atoms with Crippen molar-refractivity contribution in [1.82, 2.24) is 4.98 Å². The molecular formula is C11H17N3O2S. The number of rotatable bonds is 3. The van der Waals surface area contributed by atoms with Crippen molar-refractivity contribution in [3.63, 3.8) is 0 Å². The van der Waals surface area contributed by atoms with Crippen molar-refractivity contribution in [2.24, 2.45) is 5.73 Å². The molecule has 1 fully saturated rings. The summed E-state index contributed by atoms with van der Waals surface area (Å²) in [6, 6.07) is 0. The van der Waals surface area contributed by atoms with Gasteiger partial charge in [0.2, 0.25) is 5.91 Å². The smallest absolute Gasteiger partial charge is 0.248 e. The van der Waals surface area contributed by atoms with Crippen LogP contribution in [0.15, 0.2) is 0 Å². The number of ether oxygens (including phenoxy) is 1. The van der Waals surface area contributed by atoms with Crippen molar-refractivity contribution >= 4 is 22.4 Å². The number of carbonyl (C=O) groups excluding carboxylic acids is 1. The Hall–Kier alpha value is -0.980. The third kappa shape index (κ3) is 2.48. The maximum absolute atomic E-state index is 12.0. The van der Waals surface area contributed by atoms with Crippen molar-refractivity contribution in [1.29, 1.82) is 0 Å². The van der Waals surface area contributed by atoms with Crippen LogP contribution >= 0.6 is 11.3 Å². The van der Waals surface area contributed by atoms with E-state index in [1.54, 1.807) is 0 Å². The molecule has 0 spiro atoms. The summed E-state index contributed by atoms with van der Waals surface area (Å²) in [7, 11) is 0. The summed E-state index contributed by atoms with van der Waals surface area (Å²) in [6.07, 6.45) is 1.43. The van der Waals surface area contributed by atoms with Gasteiger partial charge in [0.25, 0.3) is 0 Å². The van der Waals surface area contributed by atoms with E-state index in [0.29, 0.717) is 18.2 Å². The second-order valence-electron chi connectivity index (χ2n) is 4.29. The number of aromatic nitrogens is 1. The van der Waals surface area contributed by atoms with E-state index in [-0.39, 0.29) is 12.5 Å². The monoisotopic (exact) mass is 255 g/mol. The quantitative estimate of drug-likeness (QED) is 0.847. The minimum atomic E-state index is -0.897. The number of thiazole rings is 1. The van der Waals surface area contributed by atoms with E-state index in [2.05, 4.69) is 10.3 Å². The molecule has 6 heteroatoms. The largest absolute Gasteiger partial charge is 0.379 e. The van der Waals surface area contributed by atoms with Crippen molar-refractivity contribution in [3.05, 3.63) is 10.6 Å². The van der Waals surface area contributed by atoms with Gasteiger partial charge in [0, 0.05) is 11.5 Å². The number of hydrogen-bond donors (Lipinski definition) is 2. The maximum atomic E-state index is 12.0. The topological polar surface area (TPSA) is 77.2 Å². The summed E-state index contributed by atoms with van der Waals surface area (Å²) < 4.78 is 5.17. The van der Waals surface area contributed by atoms with E-state index >= 15 is 0 Å². The number of nitrogens with zero attached hydrogens (tertiary/aromatic N) is 1. The van der Waals surface area contributed by atoms with E-state index in [0.717, 1.165) is 17.0 Å². The highest BCUT2D eigenvalue weighted by atomic mass is 32.1. The van der Waals surface area contributed by atoms with E-state index in [1.807, 2.05) is 13.8 Å². The Labute approximate surface area is 104 Å². The molecule has 0 aliphatic carbocycles. The van der Waals surface area contributed by atoms with Crippen molar-refractivity contribution < 1.29 is 9.53 Å². The molecule has 1 aliphatic rings. The lowest BCUT2D eigenvalue weighted by Crippen LogP contribution is -2.51. The van der Waals surface area contributed by atoms with Gasteiger partial charge in [-0.15, -0.1) is 11.3 Å². The molecular weight excluding hydrogens is 238 g/mol. The number of nitrogens with one attached hydrogen (secondary N) is 1. The first-order valence-corrected chi connectivity index (χ1v) is 6.51. The van der Waals surface area contributed by atoms with Crippen LogP contribution in [0.4, 0.5) is 5.13 Å². The van der Waals surface area contributed by atoms with Crippen LogP contribution < -0.4 is 11.1 Å². The molecule has 2 rings (SSSR count). The Kier molecular flexibility index (Phi) is 3.46. The standard InChI is InChI=1S/C11H17N3O2S/c1-3-8-7(2)17-10(13-8)14-9(15)11(12)4-5-16-6-11/h3-6,12H2,1-2H3,(H,13,14,15). The highest BCUT2D eigenvalue weighted by Gasteiger charge is 2.38. The molecule has 3 N–H and O–H groups in total. The van der Waals surface area contributed by atoms with Crippen molar-refractivity contribution in [2.45, 2.75) is 32.2 Å². The number of nitrogens with two attached hydrogens (primary N) is 1. The molecule has 94 valence electrons. The van der Waals surface area contributed by atoms with Gasteiger partial charge in [0.1, 0.15) is 5.54 Å². The molecule has 0 bridgehead atoms. The second-order valence-corrected chi connectivity index (χ2v) is 5.49. The number of hydrogen-bond acceptors (Lipinski definition) is 5. The summed E-state index contributed by atoms with van der Waals surface area (Å²) in [5.41, 5.74) is 6.10. The molecule has 0 radical (unpaired) electrons. The summed E-state index contributed by atoms with van der Waals surface area (Å²) in [4.78, 5) is 17.5. The van der Waals surface area contributed by atoms with Gasteiger partial charge in [0.05, 0.1) is 12.3 Å². The second kappa shape index (κ2) is 4.72. The predicted octanol–water partition coefficient (Wildman–Crippen LogP) is 1.07. The minimum Gasteiger partial charge on any atom is -0.379 e. The molecule has 1 saturated heterocycles. The van der Waals surface area contributed by atoms with Crippen LogP contribution in [0.5, 0.6) is 0 Å². The van der Waals surface area contributed by atoms with Gasteiger partial charge in [-0.05, 0) is 19.8 Å². The summed E-state index contributed by atoms with van der Waals surface area (Å²) in [5, 5.41) is 3.41. The van der Waals surface area contributed by atoms with Crippen LogP contribution in [0.25, 0.3) is 0 Å². The maximum Gasteiger partial charge on any atom is 0.248 e. The fourth-order valence-corrected chi connectivity index (χ4v) is 2.69. The van der Waals surface area contributed by atoms with Crippen LogP contribution in [0.2, 0.25) is 0 Å². The van der Waals surface area contributed by atoms with Crippen LogP contribution in [0.3, 0.4) is 0 Å². The van der Waals surface area contributed by atoms with Gasteiger partial charge < -0.3 is 15.8 Å². The third-order valence-corrected chi connectivity index (χ3v) is 3.88. The molecule has 1 aromatic heterocycles. The highest BCUT2D eigenvalue weighted by Crippen LogP contribution is 2.24. The zero-order valence-corrected chi connectivity index (χ0v) is 10.9. The molecule has 5 nitrogen and oxygen atoms in total. The first kappa shape index (κ1) is 12.5. The van der Waals surface area contributed by atoms with Gasteiger partial charge in [-0.25, -0.2) is 4.98 Å². The van der Waals surface area contributed by atoms with Crippen molar-refractivity contribution in [3.8, 4) is 0 Å². The van der Waals surface area contributed by atoms with Crippen molar-refractivity contribution in [2.75, 3.05) is 18.5 Å². The average Bonchev–Trinajstić information content (AvgIpc) is 2.86. The summed E-state index contributed by atoms with van der Waals surface area (Å²) in [6.45, 7) is 4.87. The first-order chi connectivity index (χ1) is 8.05. The molecule has 1 unspecified atom stereocenters. The zero-order valence-electron chi connectivity index (χ0n) is 10.1. The Morgan fingerprint density at radius 1 is 1.71 bits per heavy atom. The number of carbonyl (C=O) groups is 1. The normalized spacial score (nSPS) is 23.9. The third-order valence-electron chi connectivity index (χ3n) is 2.95. The van der Waals surface area contributed by atoms with Crippen LogP contribution in [0, 0.1) is 6.92 Å². The zero-order chi connectivity index (χ0) is 12.5. The molecule has 1 amide bonds. The first-order valence-electron chi connectivity index (χ1n) is 5.69. The lowest BCUT2D eigenvalue weighted by atomic mass is 10.00. The van der Waals surface area contributed by atoms with Gasteiger partial charge >= 0.3 is 0 Å². The van der Waals surface area contributed by atoms with E-state index in [9.17, 15) is 4.79 Å². The number of aryl methyl sites for hydroxylation is 2. The Morgan fingerprint density at radius 3 is 3.00 bits per heavy atom. The van der Waals surface area contributed by atoms with Gasteiger partial charge in [-0.1, -0.05) is 6.92 Å². The van der Waals surface area contributed by atoms with Gasteiger partial charge in [0.15, 0.2) is 5.13 Å². The Bertz CT molecular complexity index is 424. The SMILES string of the molecule is CCc1nc(NC(=O)C2(N)CCOC2)sc1C. The lowest BCUT2D eigenvalue weighted by Gasteiger charge is -2.19. The van der Waals surface area contributed by atoms with E-state index in [1.165, 1.54) is 11.3 Å². The Morgan fingerprint density at radius 2 is 2.47 bits per heavy atom. The fourth-order valence-electron chi connectivity index (χ4n) is 1.79. The number of amides is 1. The molecule has 2 heterocycles. The molecule has 1 atom stereocenters. The molecule has 1 aliphatic heterocycles. The summed E-state index contributed by atoms with van der Waals surface area (Å²) in [5.74, 6) is -0.202. The van der Waals surface area contributed by atoms with Gasteiger partial charge in [-0.3, -0.25) is 4.79 Å². The van der Waals surface area contributed by atoms with E-state index in [4.69, 9.17) is 10.5 Å². The fraction of sp³-hybridized carbons (Fsp3) is 0.636. The molecule has 0 aromatic carbocycles. The van der Waals surface area contributed by atoms with Crippen LogP contribution in [0.1, 0.15) is 23.9 Å². The van der Waals surface area contributed by atoms with Gasteiger partial charge in [-0.2, -0.15) is 0 Å². The molecule has 17 heavy (non-hydrogen) atoms. The molecule has 0 saturated carbocycles. The van der Waals surface area contributed by atoms with Crippen LogP contribution in [-0.4, -0.2) is 29.6 Å². The average molecular weight is 255 g/mol. The highest BCUT2D eigenvalue weighted by molar-refractivity contribution is 7.15.